The topological polar surface area (TPSA) is 87.3 Å². The number of nitrogens with one attached hydrogen (secondary N) is 3. The van der Waals surface area contributed by atoms with Crippen LogP contribution in [0.1, 0.15) is 35.1 Å². The lowest BCUT2D eigenvalue weighted by Gasteiger charge is -2.13. The van der Waals surface area contributed by atoms with Crippen LogP contribution >= 0.6 is 0 Å². The quantitative estimate of drug-likeness (QED) is 0.710. The minimum Gasteiger partial charge on any atom is -0.334 e. The minimum absolute atomic E-state index is 0.0343. The van der Waals surface area contributed by atoms with Crippen molar-refractivity contribution in [2.45, 2.75) is 51.1 Å². The Morgan fingerprint density at radius 3 is 2.44 bits per heavy atom. The Hall–Kier alpha value is -2.38. The highest BCUT2D eigenvalue weighted by Crippen LogP contribution is 2.25. The van der Waals surface area contributed by atoms with E-state index < -0.39 is 10.0 Å². The number of urea groups is 1. The molecular weight excluding hydrogens is 362 g/mol. The van der Waals surface area contributed by atoms with Gasteiger partial charge in [-0.2, -0.15) is 0 Å². The van der Waals surface area contributed by atoms with Crippen LogP contribution in [0.25, 0.3) is 0 Å². The Balaban J connectivity index is 1.66. The zero-order valence-electron chi connectivity index (χ0n) is 15.8. The average Bonchev–Trinajstić information content (AvgIpc) is 3.39. The zero-order valence-corrected chi connectivity index (χ0v) is 16.6. The van der Waals surface area contributed by atoms with E-state index >= 15 is 0 Å². The standard InChI is InChI=1S/C20H25N3O3S/c1-13-4-6-16(15(3)10-13)12-21-20(24)22-18-7-5-14(2)19(11-18)27(25,26)23-17-8-9-17/h4-7,10-11,17,23H,8-9,12H2,1-3H3,(H2,21,22,24). The lowest BCUT2D eigenvalue weighted by Crippen LogP contribution is -2.29. The molecular formula is C20H25N3O3S. The molecule has 1 saturated carbocycles. The van der Waals surface area contributed by atoms with Gasteiger partial charge in [0.25, 0.3) is 0 Å². The third kappa shape index (κ3) is 5.08. The highest BCUT2D eigenvalue weighted by molar-refractivity contribution is 7.89. The number of carbonyl (C=O) groups excluding carboxylic acids is 1. The zero-order chi connectivity index (χ0) is 19.6. The van der Waals surface area contributed by atoms with Gasteiger partial charge in [-0.25, -0.2) is 17.9 Å². The monoisotopic (exact) mass is 387 g/mol. The molecule has 7 heteroatoms. The molecule has 6 nitrogen and oxygen atoms in total. The molecule has 0 aromatic heterocycles. The Labute approximate surface area is 160 Å². The van der Waals surface area contributed by atoms with E-state index in [4.69, 9.17) is 0 Å². The Morgan fingerprint density at radius 2 is 1.78 bits per heavy atom. The van der Waals surface area contributed by atoms with Gasteiger partial charge in [-0.05, 0) is 62.4 Å². The van der Waals surface area contributed by atoms with Crippen molar-refractivity contribution in [2.75, 3.05) is 5.32 Å². The predicted octanol–water partition coefficient (Wildman–Crippen LogP) is 3.37. The molecule has 0 atom stereocenters. The molecule has 3 rings (SSSR count). The maximum absolute atomic E-state index is 12.5. The number of benzene rings is 2. The molecule has 2 aromatic carbocycles. The third-order valence-corrected chi connectivity index (χ3v) is 6.23. The van der Waals surface area contributed by atoms with Crippen molar-refractivity contribution in [2.24, 2.45) is 0 Å². The van der Waals surface area contributed by atoms with Gasteiger partial charge < -0.3 is 10.6 Å². The van der Waals surface area contributed by atoms with Crippen LogP contribution in [0.4, 0.5) is 10.5 Å². The number of hydrogen-bond donors (Lipinski definition) is 3. The van der Waals surface area contributed by atoms with E-state index in [1.54, 1.807) is 19.1 Å². The molecule has 27 heavy (non-hydrogen) atoms. The van der Waals surface area contributed by atoms with Crippen LogP contribution in [0.15, 0.2) is 41.3 Å². The first kappa shape index (κ1) is 19.4. The number of carbonyl (C=O) groups is 1. The van der Waals surface area contributed by atoms with Crippen molar-refractivity contribution < 1.29 is 13.2 Å². The molecule has 3 N–H and O–H groups in total. The van der Waals surface area contributed by atoms with Crippen molar-refractivity contribution in [3.05, 3.63) is 58.7 Å². The fourth-order valence-electron chi connectivity index (χ4n) is 2.85. The second-order valence-electron chi connectivity index (χ2n) is 7.11. The summed E-state index contributed by atoms with van der Waals surface area (Å²) in [4.78, 5) is 12.4. The lowest BCUT2D eigenvalue weighted by molar-refractivity contribution is 0.251. The minimum atomic E-state index is -3.57. The molecule has 0 radical (unpaired) electrons. The normalized spacial score (nSPS) is 14.0. The Morgan fingerprint density at radius 1 is 1.04 bits per heavy atom. The molecule has 1 aliphatic carbocycles. The van der Waals surface area contributed by atoms with Crippen LogP contribution in [0, 0.1) is 20.8 Å². The van der Waals surface area contributed by atoms with Crippen molar-refractivity contribution in [3.8, 4) is 0 Å². The van der Waals surface area contributed by atoms with Crippen LogP contribution in [0.2, 0.25) is 0 Å². The van der Waals surface area contributed by atoms with Crippen LogP contribution in [0.3, 0.4) is 0 Å². The van der Waals surface area contributed by atoms with Gasteiger partial charge in [0.05, 0.1) is 4.90 Å². The van der Waals surface area contributed by atoms with E-state index in [9.17, 15) is 13.2 Å². The summed E-state index contributed by atoms with van der Waals surface area (Å²) in [6.07, 6.45) is 1.74. The second-order valence-corrected chi connectivity index (χ2v) is 8.80. The first-order chi connectivity index (χ1) is 12.7. The number of rotatable bonds is 6. The van der Waals surface area contributed by atoms with Crippen molar-refractivity contribution in [1.82, 2.24) is 10.0 Å². The van der Waals surface area contributed by atoms with Gasteiger partial charge in [0, 0.05) is 18.3 Å². The van der Waals surface area contributed by atoms with Gasteiger partial charge >= 0.3 is 6.03 Å². The number of sulfonamides is 1. The fourth-order valence-corrected chi connectivity index (χ4v) is 4.42. The van der Waals surface area contributed by atoms with Crippen LogP contribution in [-0.4, -0.2) is 20.5 Å². The highest BCUT2D eigenvalue weighted by Gasteiger charge is 2.29. The van der Waals surface area contributed by atoms with Crippen molar-refractivity contribution >= 4 is 21.7 Å². The van der Waals surface area contributed by atoms with E-state index in [1.165, 1.54) is 11.6 Å². The molecule has 1 fully saturated rings. The number of aryl methyl sites for hydroxylation is 3. The van der Waals surface area contributed by atoms with Gasteiger partial charge in [-0.3, -0.25) is 0 Å². The molecule has 2 amide bonds. The van der Waals surface area contributed by atoms with Gasteiger partial charge in [-0.1, -0.05) is 29.8 Å². The summed E-state index contributed by atoms with van der Waals surface area (Å²) in [6, 6.07) is 10.6. The van der Waals surface area contributed by atoms with Gasteiger partial charge in [0.15, 0.2) is 0 Å². The number of anilines is 1. The summed E-state index contributed by atoms with van der Waals surface area (Å²) >= 11 is 0. The van der Waals surface area contributed by atoms with Gasteiger partial charge in [0.2, 0.25) is 10.0 Å². The molecule has 0 spiro atoms. The summed E-state index contributed by atoms with van der Waals surface area (Å²) in [5, 5.41) is 5.52. The fraction of sp³-hybridized carbons (Fsp3) is 0.350. The first-order valence-corrected chi connectivity index (χ1v) is 10.5. The average molecular weight is 388 g/mol. The maximum atomic E-state index is 12.5. The molecule has 0 heterocycles. The Bertz CT molecular complexity index is 966. The van der Waals surface area contributed by atoms with E-state index in [2.05, 4.69) is 21.4 Å². The van der Waals surface area contributed by atoms with Crippen LogP contribution in [0.5, 0.6) is 0 Å². The summed E-state index contributed by atoms with van der Waals surface area (Å²) in [5.41, 5.74) is 4.41. The van der Waals surface area contributed by atoms with E-state index in [1.807, 2.05) is 26.0 Å². The second kappa shape index (κ2) is 7.70. The molecule has 144 valence electrons. The van der Waals surface area contributed by atoms with Crippen LogP contribution < -0.4 is 15.4 Å². The highest BCUT2D eigenvalue weighted by atomic mass is 32.2. The molecule has 0 aliphatic heterocycles. The van der Waals surface area contributed by atoms with Crippen molar-refractivity contribution in [1.29, 1.82) is 0 Å². The van der Waals surface area contributed by atoms with E-state index in [0.717, 1.165) is 24.0 Å². The smallest absolute Gasteiger partial charge is 0.319 e. The van der Waals surface area contributed by atoms with Crippen LogP contribution in [-0.2, 0) is 16.6 Å². The van der Waals surface area contributed by atoms with E-state index in [-0.39, 0.29) is 17.0 Å². The summed E-state index contributed by atoms with van der Waals surface area (Å²) in [7, 11) is -3.57. The largest absolute Gasteiger partial charge is 0.334 e. The van der Waals surface area contributed by atoms with Crippen molar-refractivity contribution in [3.63, 3.8) is 0 Å². The first-order valence-electron chi connectivity index (χ1n) is 8.98. The lowest BCUT2D eigenvalue weighted by atomic mass is 10.1. The molecule has 0 unspecified atom stereocenters. The SMILES string of the molecule is Cc1ccc(CNC(=O)Nc2ccc(C)c(S(=O)(=O)NC3CC3)c2)c(C)c1. The number of hydrogen-bond acceptors (Lipinski definition) is 3. The molecule has 0 bridgehead atoms. The Kier molecular flexibility index (Phi) is 5.53. The summed E-state index contributed by atoms with van der Waals surface area (Å²) < 4.78 is 27.6. The number of amides is 2. The molecule has 2 aromatic rings. The summed E-state index contributed by atoms with van der Waals surface area (Å²) in [6.45, 7) is 6.17. The molecule has 0 saturated heterocycles. The van der Waals surface area contributed by atoms with Gasteiger partial charge in [-0.15, -0.1) is 0 Å². The third-order valence-electron chi connectivity index (χ3n) is 4.57. The van der Waals surface area contributed by atoms with Gasteiger partial charge in [0.1, 0.15) is 0 Å². The molecule has 1 aliphatic rings. The summed E-state index contributed by atoms with van der Waals surface area (Å²) in [5.74, 6) is 0. The van der Waals surface area contributed by atoms with E-state index in [0.29, 0.717) is 17.8 Å². The predicted molar refractivity (Wildman–Crippen MR) is 106 cm³/mol. The maximum Gasteiger partial charge on any atom is 0.319 e.